The van der Waals surface area contributed by atoms with Crippen LogP contribution >= 0.6 is 0 Å². The molecule has 0 aromatic heterocycles. The number of hydrogen-bond donors (Lipinski definition) is 0. The van der Waals surface area contributed by atoms with Gasteiger partial charge in [0, 0.05) is 6.92 Å². The van der Waals surface area contributed by atoms with Crippen molar-refractivity contribution in [3.8, 4) is 0 Å². The van der Waals surface area contributed by atoms with Gasteiger partial charge in [-0.25, -0.2) is 0 Å². The van der Waals surface area contributed by atoms with Gasteiger partial charge in [0.05, 0.1) is 12.3 Å². The zero-order chi connectivity index (χ0) is 15.0. The van der Waals surface area contributed by atoms with Crippen LogP contribution in [0.5, 0.6) is 0 Å². The molecule has 2 unspecified atom stereocenters. The van der Waals surface area contributed by atoms with Crippen LogP contribution in [0.4, 0.5) is 0 Å². The van der Waals surface area contributed by atoms with Gasteiger partial charge in [-0.2, -0.15) is 0 Å². The molecule has 0 spiro atoms. The van der Waals surface area contributed by atoms with Gasteiger partial charge in [0.1, 0.15) is 18.8 Å². The fourth-order valence-electron chi connectivity index (χ4n) is 2.56. The third-order valence-corrected chi connectivity index (χ3v) is 3.75. The minimum Gasteiger partial charge on any atom is -0.459 e. The predicted octanol–water partition coefficient (Wildman–Crippen LogP) is 3.07. The molecule has 0 N–H and O–H groups in total. The van der Waals surface area contributed by atoms with E-state index in [-0.39, 0.29) is 12.1 Å². The Bertz CT molecular complexity index is 343. The third kappa shape index (κ3) is 5.12. The van der Waals surface area contributed by atoms with Gasteiger partial charge >= 0.3 is 5.97 Å². The summed E-state index contributed by atoms with van der Waals surface area (Å²) >= 11 is 0. The number of unbranched alkanes of at least 4 members (excludes halogenated alkanes) is 2. The van der Waals surface area contributed by atoms with Crippen LogP contribution in [-0.4, -0.2) is 37.1 Å². The molecule has 0 bridgehead atoms. The van der Waals surface area contributed by atoms with Gasteiger partial charge in [-0.1, -0.05) is 31.3 Å². The third-order valence-electron chi connectivity index (χ3n) is 3.75. The maximum atomic E-state index is 11.3. The summed E-state index contributed by atoms with van der Waals surface area (Å²) in [5.74, 6) is -0.257. The van der Waals surface area contributed by atoms with Crippen LogP contribution in [-0.2, 0) is 19.1 Å². The van der Waals surface area contributed by atoms with E-state index < -0.39 is 5.60 Å². The molecule has 0 aromatic carbocycles. The van der Waals surface area contributed by atoms with Crippen LogP contribution < -0.4 is 0 Å². The maximum Gasteiger partial charge on any atom is 0.303 e. The van der Waals surface area contributed by atoms with Crippen molar-refractivity contribution in [1.29, 1.82) is 0 Å². The molecule has 1 fully saturated rings. The summed E-state index contributed by atoms with van der Waals surface area (Å²) < 4.78 is 11.5. The summed E-state index contributed by atoms with van der Waals surface area (Å²) in [5.41, 5.74) is 0.426. The lowest BCUT2D eigenvalue weighted by molar-refractivity contribution is -0.167. The smallest absolute Gasteiger partial charge is 0.303 e. The number of esters is 1. The first kappa shape index (κ1) is 17.0. The van der Waals surface area contributed by atoms with E-state index in [1.165, 1.54) is 14.0 Å². The Labute approximate surface area is 121 Å². The maximum absolute atomic E-state index is 11.3. The van der Waals surface area contributed by atoms with E-state index >= 15 is 0 Å². The predicted molar refractivity (Wildman–Crippen MR) is 77.7 cm³/mol. The number of ether oxygens (including phenoxy) is 2. The van der Waals surface area contributed by atoms with Gasteiger partial charge in [0.25, 0.3) is 0 Å². The van der Waals surface area contributed by atoms with E-state index in [2.05, 4.69) is 12.1 Å². The zero-order valence-electron chi connectivity index (χ0n) is 13.1. The summed E-state index contributed by atoms with van der Waals surface area (Å²) in [6, 6.07) is 0. The monoisotopic (exact) mass is 285 g/mol. The first-order valence-corrected chi connectivity index (χ1v) is 7.42. The van der Waals surface area contributed by atoms with Gasteiger partial charge in [-0.15, -0.1) is 0 Å². The van der Waals surface area contributed by atoms with E-state index in [4.69, 9.17) is 14.3 Å². The largest absolute Gasteiger partial charge is 0.459 e. The van der Waals surface area contributed by atoms with E-state index in [0.29, 0.717) is 6.61 Å². The lowest BCUT2D eigenvalue weighted by Gasteiger charge is -2.35. The molecule has 1 aliphatic rings. The summed E-state index contributed by atoms with van der Waals surface area (Å²) in [6.07, 6.45) is 5.51. The highest BCUT2D eigenvalue weighted by Crippen LogP contribution is 2.31. The van der Waals surface area contributed by atoms with Gasteiger partial charge in [-0.05, 0) is 26.2 Å². The molecule has 2 atom stereocenters. The molecule has 116 valence electrons. The van der Waals surface area contributed by atoms with E-state index in [1.54, 1.807) is 0 Å². The molecule has 1 rings (SSSR count). The van der Waals surface area contributed by atoms with Gasteiger partial charge < -0.3 is 14.3 Å². The second kappa shape index (κ2) is 8.25. The summed E-state index contributed by atoms with van der Waals surface area (Å²) in [7, 11) is 1.53. The van der Waals surface area contributed by atoms with Crippen LogP contribution in [0, 0.1) is 0 Å². The Hall–Kier alpha value is -1.10. The Morgan fingerprint density at radius 3 is 2.85 bits per heavy atom. The van der Waals surface area contributed by atoms with Crippen molar-refractivity contribution >= 4 is 11.7 Å². The van der Waals surface area contributed by atoms with Crippen molar-refractivity contribution in [3.05, 3.63) is 0 Å². The molecule has 5 heteroatoms. The highest BCUT2D eigenvalue weighted by molar-refractivity contribution is 5.85. The summed E-state index contributed by atoms with van der Waals surface area (Å²) in [5, 5.41) is 3.97. The van der Waals surface area contributed by atoms with Gasteiger partial charge in [0.2, 0.25) is 0 Å². The van der Waals surface area contributed by atoms with Crippen molar-refractivity contribution in [3.63, 3.8) is 0 Å². The normalized spacial score (nSPS) is 29.0. The number of carbonyl (C=O) groups excluding carboxylic acids is 1. The zero-order valence-corrected chi connectivity index (χ0v) is 13.1. The molecule has 0 saturated carbocycles. The van der Waals surface area contributed by atoms with Gasteiger partial charge in [0.15, 0.2) is 0 Å². The summed E-state index contributed by atoms with van der Waals surface area (Å²) in [6.45, 7) is 6.09. The van der Waals surface area contributed by atoms with Crippen LogP contribution in [0.2, 0.25) is 0 Å². The number of nitrogens with zero attached hydrogens (tertiary/aromatic N) is 1. The lowest BCUT2D eigenvalue weighted by Crippen LogP contribution is -2.43. The Morgan fingerprint density at radius 2 is 2.25 bits per heavy atom. The molecular formula is C15H27NO4. The van der Waals surface area contributed by atoms with Crippen molar-refractivity contribution in [2.24, 2.45) is 5.16 Å². The first-order valence-electron chi connectivity index (χ1n) is 7.42. The van der Waals surface area contributed by atoms with Crippen LogP contribution in [0.15, 0.2) is 5.16 Å². The molecule has 1 aliphatic heterocycles. The number of rotatable bonds is 6. The second-order valence-corrected chi connectivity index (χ2v) is 5.54. The molecule has 0 aromatic rings. The number of oxime groups is 1. The molecule has 0 radical (unpaired) electrons. The number of carbonyl (C=O) groups is 1. The highest BCUT2D eigenvalue weighted by Gasteiger charge is 2.39. The molecule has 0 aliphatic carbocycles. The Balaban J connectivity index is 2.77. The molecule has 1 heterocycles. The van der Waals surface area contributed by atoms with Crippen molar-refractivity contribution in [2.75, 3.05) is 13.7 Å². The average molecular weight is 285 g/mol. The fraction of sp³-hybridized carbons (Fsp3) is 0.867. The standard InChI is InChI=1S/C15H27NO4/c1-5-6-7-10-15(3)14(20-12(2)17)9-8-13(11-19-15)16-18-4/h14H,5-11H2,1-4H3/b16-13+. The minimum absolute atomic E-state index is 0.221. The van der Waals surface area contributed by atoms with Crippen molar-refractivity contribution in [1.82, 2.24) is 0 Å². The SMILES string of the molecule is CCCCCC1(C)OC/C(=N/OC)CCC1OC(C)=O. The molecule has 5 nitrogen and oxygen atoms in total. The topological polar surface area (TPSA) is 57.1 Å². The molecule has 1 saturated heterocycles. The average Bonchev–Trinajstić information content (AvgIpc) is 2.53. The minimum atomic E-state index is -0.439. The van der Waals surface area contributed by atoms with E-state index in [0.717, 1.165) is 44.2 Å². The van der Waals surface area contributed by atoms with Crippen LogP contribution in [0.1, 0.15) is 59.3 Å². The molecular weight excluding hydrogens is 258 g/mol. The van der Waals surface area contributed by atoms with E-state index in [1.807, 2.05) is 6.92 Å². The van der Waals surface area contributed by atoms with Crippen molar-refractivity contribution < 1.29 is 19.1 Å². The van der Waals surface area contributed by atoms with Crippen molar-refractivity contribution in [2.45, 2.75) is 71.0 Å². The molecule has 20 heavy (non-hydrogen) atoms. The lowest BCUT2D eigenvalue weighted by atomic mass is 9.89. The first-order chi connectivity index (χ1) is 9.51. The fourth-order valence-corrected chi connectivity index (χ4v) is 2.56. The van der Waals surface area contributed by atoms with Crippen LogP contribution in [0.3, 0.4) is 0 Å². The highest BCUT2D eigenvalue weighted by atomic mass is 16.6. The van der Waals surface area contributed by atoms with E-state index in [9.17, 15) is 4.79 Å². The van der Waals surface area contributed by atoms with Crippen LogP contribution in [0.25, 0.3) is 0 Å². The number of hydrogen-bond acceptors (Lipinski definition) is 5. The second-order valence-electron chi connectivity index (χ2n) is 5.54. The summed E-state index contributed by atoms with van der Waals surface area (Å²) in [4.78, 5) is 16.1. The Morgan fingerprint density at radius 1 is 1.50 bits per heavy atom. The quantitative estimate of drug-likeness (QED) is 0.427. The Kier molecular flexibility index (Phi) is 6.99. The van der Waals surface area contributed by atoms with Gasteiger partial charge in [-0.3, -0.25) is 4.79 Å². The molecule has 0 amide bonds.